The van der Waals surface area contributed by atoms with E-state index in [-0.39, 0.29) is 18.2 Å². The summed E-state index contributed by atoms with van der Waals surface area (Å²) in [6.45, 7) is 2.68. The zero-order valence-electron chi connectivity index (χ0n) is 14.2. The second-order valence-corrected chi connectivity index (χ2v) is 5.94. The molecule has 0 saturated carbocycles. The molecule has 0 aliphatic carbocycles. The second kappa shape index (κ2) is 9.62. The lowest BCUT2D eigenvalue weighted by molar-refractivity contribution is -0.384. The fraction of sp³-hybridized carbons (Fsp3) is 0.278. The molecule has 2 aromatic carbocycles. The Morgan fingerprint density at radius 3 is 2.58 bits per heavy atom. The van der Waals surface area contributed by atoms with Crippen molar-refractivity contribution < 1.29 is 19.2 Å². The Bertz CT molecular complexity index is 765. The molecule has 8 heteroatoms. The lowest BCUT2D eigenvalue weighted by atomic mass is 10.2. The van der Waals surface area contributed by atoms with E-state index in [1.807, 2.05) is 19.1 Å². The summed E-state index contributed by atoms with van der Waals surface area (Å²) in [5, 5.41) is 13.9. The van der Waals surface area contributed by atoms with Crippen LogP contribution < -0.4 is 14.8 Å². The highest BCUT2D eigenvalue weighted by molar-refractivity contribution is 6.30. The number of nitro groups is 1. The van der Waals surface area contributed by atoms with Gasteiger partial charge in [0.05, 0.1) is 11.5 Å². The first-order chi connectivity index (χ1) is 12.5. The maximum atomic E-state index is 11.7. The zero-order valence-corrected chi connectivity index (χ0v) is 15.0. The number of amides is 1. The van der Waals surface area contributed by atoms with Crippen LogP contribution in [0.5, 0.6) is 11.5 Å². The predicted octanol–water partition coefficient (Wildman–Crippen LogP) is 3.52. The van der Waals surface area contributed by atoms with Crippen LogP contribution in [0, 0.1) is 17.0 Å². The molecule has 0 aliphatic rings. The summed E-state index contributed by atoms with van der Waals surface area (Å²) in [7, 11) is 0. The number of benzene rings is 2. The van der Waals surface area contributed by atoms with Gasteiger partial charge in [-0.25, -0.2) is 0 Å². The molecule has 0 saturated heterocycles. The Labute approximate surface area is 156 Å². The van der Waals surface area contributed by atoms with Crippen molar-refractivity contribution in [3.63, 3.8) is 0 Å². The summed E-state index contributed by atoms with van der Waals surface area (Å²) in [5.41, 5.74) is 0.927. The van der Waals surface area contributed by atoms with Crippen molar-refractivity contribution in [3.05, 3.63) is 63.2 Å². The van der Waals surface area contributed by atoms with Gasteiger partial charge in [0.15, 0.2) is 6.61 Å². The molecule has 0 aliphatic heterocycles. The van der Waals surface area contributed by atoms with Crippen LogP contribution in [0.3, 0.4) is 0 Å². The van der Waals surface area contributed by atoms with Crippen LogP contribution in [0.1, 0.15) is 12.0 Å². The fourth-order valence-corrected chi connectivity index (χ4v) is 2.35. The molecule has 1 amide bonds. The van der Waals surface area contributed by atoms with Crippen LogP contribution in [0.15, 0.2) is 42.5 Å². The number of hydrogen-bond acceptors (Lipinski definition) is 5. The van der Waals surface area contributed by atoms with E-state index in [9.17, 15) is 14.9 Å². The molecule has 0 aromatic heterocycles. The minimum Gasteiger partial charge on any atom is -0.493 e. The quantitative estimate of drug-likeness (QED) is 0.409. The molecule has 0 heterocycles. The third-order valence-corrected chi connectivity index (χ3v) is 3.69. The highest BCUT2D eigenvalue weighted by atomic mass is 35.5. The number of rotatable bonds is 9. The minimum absolute atomic E-state index is 0.0299. The van der Waals surface area contributed by atoms with Gasteiger partial charge in [0.1, 0.15) is 11.5 Å². The van der Waals surface area contributed by atoms with Crippen LogP contribution in [-0.2, 0) is 4.79 Å². The molecular formula is C18H19ClN2O5. The molecule has 0 fully saturated rings. The number of carbonyl (C=O) groups is 1. The number of carbonyl (C=O) groups excluding carboxylic acids is 1. The summed E-state index contributed by atoms with van der Waals surface area (Å²) in [4.78, 5) is 21.8. The van der Waals surface area contributed by atoms with Crippen molar-refractivity contribution in [3.8, 4) is 11.5 Å². The predicted molar refractivity (Wildman–Crippen MR) is 97.9 cm³/mol. The number of nitrogens with zero attached hydrogens (tertiary/aromatic N) is 1. The Balaban J connectivity index is 1.62. The van der Waals surface area contributed by atoms with Gasteiger partial charge in [0, 0.05) is 23.7 Å². The van der Waals surface area contributed by atoms with Crippen molar-refractivity contribution in [1.29, 1.82) is 0 Å². The minimum atomic E-state index is -0.496. The molecule has 0 bridgehead atoms. The van der Waals surface area contributed by atoms with E-state index in [0.717, 1.165) is 11.3 Å². The maximum Gasteiger partial charge on any atom is 0.269 e. The molecule has 1 N–H and O–H groups in total. The van der Waals surface area contributed by atoms with Crippen molar-refractivity contribution in [2.45, 2.75) is 13.3 Å². The summed E-state index contributed by atoms with van der Waals surface area (Å²) in [6.07, 6.45) is 0.644. The van der Waals surface area contributed by atoms with Gasteiger partial charge in [-0.1, -0.05) is 11.6 Å². The Morgan fingerprint density at radius 2 is 1.92 bits per heavy atom. The molecular weight excluding hydrogens is 360 g/mol. The van der Waals surface area contributed by atoms with Crippen LogP contribution >= 0.6 is 11.6 Å². The molecule has 2 rings (SSSR count). The van der Waals surface area contributed by atoms with E-state index in [2.05, 4.69) is 5.32 Å². The van der Waals surface area contributed by atoms with Crippen LogP contribution in [0.2, 0.25) is 5.02 Å². The van der Waals surface area contributed by atoms with Crippen molar-refractivity contribution in [1.82, 2.24) is 5.32 Å². The van der Waals surface area contributed by atoms with E-state index in [0.29, 0.717) is 30.3 Å². The number of nitrogens with one attached hydrogen (secondary N) is 1. The fourth-order valence-electron chi connectivity index (χ4n) is 2.12. The highest BCUT2D eigenvalue weighted by Crippen LogP contribution is 2.21. The van der Waals surface area contributed by atoms with Crippen molar-refractivity contribution in [2.24, 2.45) is 0 Å². The highest BCUT2D eigenvalue weighted by Gasteiger charge is 2.06. The zero-order chi connectivity index (χ0) is 18.9. The SMILES string of the molecule is Cc1cc(Cl)ccc1OCCCNC(=O)COc1ccc([N+](=O)[O-])cc1. The Hall–Kier alpha value is -2.80. The molecule has 0 atom stereocenters. The molecule has 0 spiro atoms. The number of aryl methyl sites for hydroxylation is 1. The van der Waals surface area contributed by atoms with Gasteiger partial charge in [0.25, 0.3) is 11.6 Å². The summed E-state index contributed by atoms with van der Waals surface area (Å²) in [6, 6.07) is 11.0. The van der Waals surface area contributed by atoms with Crippen molar-refractivity contribution >= 4 is 23.2 Å². The first-order valence-electron chi connectivity index (χ1n) is 7.98. The number of halogens is 1. The standard InChI is InChI=1S/C18H19ClN2O5/c1-13-11-14(19)3-8-17(13)25-10-2-9-20-18(22)12-26-16-6-4-15(5-7-16)21(23)24/h3-8,11H,2,9-10,12H2,1H3,(H,20,22). The Kier molecular flexibility index (Phi) is 7.23. The number of ether oxygens (including phenoxy) is 2. The van der Waals surface area contributed by atoms with Gasteiger partial charge in [-0.3, -0.25) is 14.9 Å². The molecule has 0 radical (unpaired) electrons. The smallest absolute Gasteiger partial charge is 0.269 e. The van der Waals surface area contributed by atoms with Gasteiger partial charge in [-0.2, -0.15) is 0 Å². The van der Waals surface area contributed by atoms with E-state index < -0.39 is 4.92 Å². The molecule has 2 aromatic rings. The third-order valence-electron chi connectivity index (χ3n) is 3.46. The number of nitro benzene ring substituents is 1. The first-order valence-corrected chi connectivity index (χ1v) is 8.36. The van der Waals surface area contributed by atoms with Gasteiger partial charge < -0.3 is 14.8 Å². The average Bonchev–Trinajstić information content (AvgIpc) is 2.61. The van der Waals surface area contributed by atoms with Gasteiger partial charge >= 0.3 is 0 Å². The molecule has 138 valence electrons. The van der Waals surface area contributed by atoms with E-state index in [1.165, 1.54) is 24.3 Å². The first kappa shape index (κ1) is 19.5. The van der Waals surface area contributed by atoms with Gasteiger partial charge in [-0.15, -0.1) is 0 Å². The number of hydrogen-bond donors (Lipinski definition) is 1. The molecule has 26 heavy (non-hydrogen) atoms. The van der Waals surface area contributed by atoms with E-state index in [4.69, 9.17) is 21.1 Å². The largest absolute Gasteiger partial charge is 0.493 e. The second-order valence-electron chi connectivity index (χ2n) is 5.50. The third kappa shape index (κ3) is 6.25. The topological polar surface area (TPSA) is 90.7 Å². The molecule has 0 unspecified atom stereocenters. The lowest BCUT2D eigenvalue weighted by Crippen LogP contribution is -2.30. The van der Waals surface area contributed by atoms with Crippen LogP contribution in [-0.4, -0.2) is 30.6 Å². The summed E-state index contributed by atoms with van der Waals surface area (Å²) in [5.74, 6) is 0.889. The summed E-state index contributed by atoms with van der Waals surface area (Å²) < 4.78 is 10.9. The van der Waals surface area contributed by atoms with E-state index in [1.54, 1.807) is 6.07 Å². The van der Waals surface area contributed by atoms with Gasteiger partial charge in [0.2, 0.25) is 0 Å². The lowest BCUT2D eigenvalue weighted by Gasteiger charge is -2.10. The van der Waals surface area contributed by atoms with Crippen LogP contribution in [0.25, 0.3) is 0 Å². The number of non-ortho nitro benzene ring substituents is 1. The van der Waals surface area contributed by atoms with Gasteiger partial charge in [-0.05, 0) is 49.2 Å². The van der Waals surface area contributed by atoms with Crippen LogP contribution in [0.4, 0.5) is 5.69 Å². The monoisotopic (exact) mass is 378 g/mol. The maximum absolute atomic E-state index is 11.7. The normalized spacial score (nSPS) is 10.2. The summed E-state index contributed by atoms with van der Waals surface area (Å²) >= 11 is 5.89. The Morgan fingerprint density at radius 1 is 1.19 bits per heavy atom. The van der Waals surface area contributed by atoms with E-state index >= 15 is 0 Å². The average molecular weight is 379 g/mol. The molecule has 7 nitrogen and oxygen atoms in total. The van der Waals surface area contributed by atoms with Crippen molar-refractivity contribution in [2.75, 3.05) is 19.8 Å².